The molecule has 1 fully saturated rings. The second-order valence-corrected chi connectivity index (χ2v) is 9.28. The second kappa shape index (κ2) is 8.47. The van der Waals surface area contributed by atoms with Crippen molar-refractivity contribution < 1.29 is 19.0 Å². The van der Waals surface area contributed by atoms with Gasteiger partial charge in [-0.2, -0.15) is 0 Å². The lowest BCUT2D eigenvalue weighted by Gasteiger charge is -2.44. The summed E-state index contributed by atoms with van der Waals surface area (Å²) in [5.41, 5.74) is 3.12. The molecule has 1 saturated heterocycles. The van der Waals surface area contributed by atoms with Crippen LogP contribution in [0.2, 0.25) is 0 Å². The number of halogens is 1. The summed E-state index contributed by atoms with van der Waals surface area (Å²) in [4.78, 5) is 35.2. The summed E-state index contributed by atoms with van der Waals surface area (Å²) in [6.45, 7) is 0.109. The first kappa shape index (κ1) is 22.3. The third-order valence-electron chi connectivity index (χ3n) is 7.22. The number of carbonyl (C=O) groups is 1. The second-order valence-electron chi connectivity index (χ2n) is 9.28. The summed E-state index contributed by atoms with van der Waals surface area (Å²) in [6.07, 6.45) is 5.17. The Kier molecular flexibility index (Phi) is 5.24. The molecule has 1 N–H and O–H groups in total. The standard InChI is InChI=1S/C26H24FN5O4/c1-30-21-11-17-3-2-4-20(32(17)26(34)35)24(21)19-7-8-22(29-25(19)30)31-10-9-18(12-23(31)33)36-14-16-6-5-15(27)13-28-16/h5-10,12-13,17,20H,2-4,11,14H2,1H3,(H,34,35). The molecule has 36 heavy (non-hydrogen) atoms. The highest BCUT2D eigenvalue weighted by Gasteiger charge is 2.42. The van der Waals surface area contributed by atoms with Crippen LogP contribution in [0.4, 0.5) is 9.18 Å². The Labute approximate surface area is 205 Å². The summed E-state index contributed by atoms with van der Waals surface area (Å²) in [7, 11) is 1.95. The van der Waals surface area contributed by atoms with Gasteiger partial charge in [0.05, 0.1) is 17.9 Å². The third-order valence-corrected chi connectivity index (χ3v) is 7.22. The normalized spacial score (nSPS) is 18.8. The average Bonchev–Trinajstić information content (AvgIpc) is 3.14. The molecule has 2 aliphatic rings. The van der Waals surface area contributed by atoms with E-state index in [0.717, 1.165) is 47.8 Å². The number of amides is 1. The number of carboxylic acid groups (broad SMARTS) is 1. The van der Waals surface area contributed by atoms with E-state index in [1.54, 1.807) is 23.2 Å². The zero-order valence-electron chi connectivity index (χ0n) is 19.6. The number of aromatic nitrogens is 4. The SMILES string of the molecule is Cn1c2c(c3ccc(-n4ccc(OCc5ccc(F)cn5)cc4=O)nc31)C1CCCC(C2)N1C(=O)O. The van der Waals surface area contributed by atoms with Gasteiger partial charge in [-0.25, -0.2) is 14.2 Å². The Balaban J connectivity index is 1.32. The summed E-state index contributed by atoms with van der Waals surface area (Å²) in [5.74, 6) is 0.418. The number of ether oxygens (including phenoxy) is 1. The molecular weight excluding hydrogens is 465 g/mol. The maximum Gasteiger partial charge on any atom is 0.408 e. The topological polar surface area (TPSA) is 102 Å². The number of rotatable bonds is 4. The van der Waals surface area contributed by atoms with E-state index >= 15 is 0 Å². The monoisotopic (exact) mass is 489 g/mol. The van der Waals surface area contributed by atoms with Gasteiger partial charge in [-0.05, 0) is 49.6 Å². The van der Waals surface area contributed by atoms with Gasteiger partial charge < -0.3 is 14.4 Å². The molecule has 0 saturated carbocycles. The van der Waals surface area contributed by atoms with Gasteiger partial charge in [-0.3, -0.25) is 19.2 Å². The Hall–Kier alpha value is -4.21. The fourth-order valence-corrected chi connectivity index (χ4v) is 5.59. The molecule has 10 heteroatoms. The molecule has 0 spiro atoms. The van der Waals surface area contributed by atoms with Gasteiger partial charge in [-0.1, -0.05) is 0 Å². The predicted octanol–water partition coefficient (Wildman–Crippen LogP) is 3.97. The number of aryl methyl sites for hydroxylation is 1. The van der Waals surface area contributed by atoms with E-state index in [2.05, 4.69) is 4.98 Å². The highest BCUT2D eigenvalue weighted by atomic mass is 19.1. The lowest BCUT2D eigenvalue weighted by atomic mass is 9.82. The van der Waals surface area contributed by atoms with Crippen molar-refractivity contribution in [3.8, 4) is 11.6 Å². The summed E-state index contributed by atoms with van der Waals surface area (Å²) >= 11 is 0. The summed E-state index contributed by atoms with van der Waals surface area (Å²) in [5, 5.41) is 10.8. The zero-order chi connectivity index (χ0) is 25.0. The van der Waals surface area contributed by atoms with Crippen molar-refractivity contribution in [2.45, 2.75) is 44.4 Å². The van der Waals surface area contributed by atoms with Gasteiger partial charge in [0.15, 0.2) is 0 Å². The van der Waals surface area contributed by atoms with Gasteiger partial charge in [0.2, 0.25) is 0 Å². The fourth-order valence-electron chi connectivity index (χ4n) is 5.59. The number of fused-ring (bicyclic) bond motifs is 6. The van der Waals surface area contributed by atoms with Crippen LogP contribution >= 0.6 is 0 Å². The molecule has 6 heterocycles. The van der Waals surface area contributed by atoms with Crippen LogP contribution in [0.3, 0.4) is 0 Å². The highest BCUT2D eigenvalue weighted by Crippen LogP contribution is 2.45. The van der Waals surface area contributed by atoms with Gasteiger partial charge in [0.1, 0.15) is 29.6 Å². The molecule has 4 aromatic rings. The molecule has 1 amide bonds. The van der Waals surface area contributed by atoms with Crippen molar-refractivity contribution in [1.82, 2.24) is 24.0 Å². The van der Waals surface area contributed by atoms with E-state index in [4.69, 9.17) is 9.72 Å². The van der Waals surface area contributed by atoms with Crippen LogP contribution in [0.25, 0.3) is 16.9 Å². The summed E-state index contributed by atoms with van der Waals surface area (Å²) < 4.78 is 22.1. The van der Waals surface area contributed by atoms with E-state index in [1.807, 2.05) is 17.7 Å². The van der Waals surface area contributed by atoms with Crippen LogP contribution in [-0.4, -0.2) is 41.2 Å². The van der Waals surface area contributed by atoms with Crippen LogP contribution < -0.4 is 10.3 Å². The Morgan fingerprint density at radius 3 is 2.83 bits per heavy atom. The van der Waals surface area contributed by atoms with Crippen molar-refractivity contribution in [2.75, 3.05) is 0 Å². The van der Waals surface area contributed by atoms with Gasteiger partial charge in [0.25, 0.3) is 5.56 Å². The van der Waals surface area contributed by atoms with E-state index in [-0.39, 0.29) is 24.2 Å². The number of pyridine rings is 3. The molecule has 0 radical (unpaired) electrons. The molecule has 0 aliphatic carbocycles. The van der Waals surface area contributed by atoms with E-state index in [0.29, 0.717) is 23.7 Å². The largest absolute Gasteiger partial charge is 0.487 e. The van der Waals surface area contributed by atoms with Gasteiger partial charge >= 0.3 is 6.09 Å². The quantitative estimate of drug-likeness (QED) is 0.466. The Bertz CT molecular complexity index is 1540. The smallest absolute Gasteiger partial charge is 0.408 e. The fraction of sp³-hybridized carbons (Fsp3) is 0.308. The van der Waals surface area contributed by atoms with Crippen LogP contribution in [0, 0.1) is 5.82 Å². The lowest BCUT2D eigenvalue weighted by molar-refractivity contribution is 0.0622. The molecule has 184 valence electrons. The zero-order valence-corrected chi connectivity index (χ0v) is 19.6. The molecule has 9 nitrogen and oxygen atoms in total. The first-order valence-corrected chi connectivity index (χ1v) is 11.9. The minimum absolute atomic E-state index is 0.0171. The van der Waals surface area contributed by atoms with E-state index in [1.165, 1.54) is 22.8 Å². The van der Waals surface area contributed by atoms with Crippen molar-refractivity contribution in [2.24, 2.45) is 7.05 Å². The molecule has 4 aromatic heterocycles. The first-order valence-electron chi connectivity index (χ1n) is 11.9. The molecule has 2 atom stereocenters. The molecule has 0 aromatic carbocycles. The Morgan fingerprint density at radius 1 is 1.22 bits per heavy atom. The molecule has 2 bridgehead atoms. The lowest BCUT2D eigenvalue weighted by Crippen LogP contribution is -2.49. The third kappa shape index (κ3) is 3.60. The minimum Gasteiger partial charge on any atom is -0.487 e. The van der Waals surface area contributed by atoms with Crippen LogP contribution in [0.5, 0.6) is 5.75 Å². The molecule has 2 unspecified atom stereocenters. The van der Waals surface area contributed by atoms with Gasteiger partial charge in [-0.15, -0.1) is 0 Å². The first-order chi connectivity index (χ1) is 17.4. The van der Waals surface area contributed by atoms with Crippen LogP contribution in [0.1, 0.15) is 42.3 Å². The molecule has 2 aliphatic heterocycles. The summed E-state index contributed by atoms with van der Waals surface area (Å²) in [6, 6.07) is 9.40. The van der Waals surface area contributed by atoms with Gasteiger partial charge in [0, 0.05) is 48.4 Å². The average molecular weight is 490 g/mol. The minimum atomic E-state index is -0.874. The number of piperidine rings is 1. The number of hydrogen-bond acceptors (Lipinski definition) is 5. The van der Waals surface area contributed by atoms with Crippen molar-refractivity contribution >= 4 is 17.1 Å². The van der Waals surface area contributed by atoms with Crippen molar-refractivity contribution in [3.05, 3.63) is 81.9 Å². The maximum absolute atomic E-state index is 13.0. The predicted molar refractivity (Wildman–Crippen MR) is 129 cm³/mol. The Morgan fingerprint density at radius 2 is 2.08 bits per heavy atom. The maximum atomic E-state index is 13.0. The van der Waals surface area contributed by atoms with Crippen LogP contribution in [-0.2, 0) is 20.1 Å². The molecule has 6 rings (SSSR count). The van der Waals surface area contributed by atoms with Crippen LogP contribution in [0.15, 0.2) is 53.6 Å². The molecular formula is C26H24FN5O4. The number of nitrogens with zero attached hydrogens (tertiary/aromatic N) is 5. The number of hydrogen-bond donors (Lipinski definition) is 1. The van der Waals surface area contributed by atoms with E-state index in [9.17, 15) is 19.1 Å². The van der Waals surface area contributed by atoms with Crippen molar-refractivity contribution in [3.63, 3.8) is 0 Å². The van der Waals surface area contributed by atoms with E-state index < -0.39 is 11.9 Å². The van der Waals surface area contributed by atoms with Crippen molar-refractivity contribution in [1.29, 1.82) is 0 Å². The highest BCUT2D eigenvalue weighted by molar-refractivity contribution is 5.85.